The largest absolute Gasteiger partial charge is 0.395 e. The first-order chi connectivity index (χ1) is 6.20. The number of nitrogens with zero attached hydrogens (tertiary/aromatic N) is 3. The molecular weight excluding hydrogens is 164 g/mol. The molecule has 0 saturated carbocycles. The van der Waals surface area contributed by atoms with E-state index in [1.165, 1.54) is 0 Å². The van der Waals surface area contributed by atoms with Gasteiger partial charge in [-0.25, -0.2) is 4.98 Å². The lowest BCUT2D eigenvalue weighted by Crippen LogP contribution is -2.19. The Kier molecular flexibility index (Phi) is 2.70. The minimum Gasteiger partial charge on any atom is -0.395 e. The molecule has 0 unspecified atom stereocenters. The van der Waals surface area contributed by atoms with Crippen molar-refractivity contribution in [3.63, 3.8) is 0 Å². The zero-order chi connectivity index (χ0) is 9.84. The maximum Gasteiger partial charge on any atom is 0.152 e. The molecule has 0 aliphatic rings. The van der Waals surface area contributed by atoms with Gasteiger partial charge in [0.25, 0.3) is 0 Å². The van der Waals surface area contributed by atoms with Gasteiger partial charge in [0, 0.05) is 19.8 Å². The molecule has 0 aromatic carbocycles. The minimum atomic E-state index is 0.453. The molecule has 0 bridgehead atoms. The molecule has 0 radical (unpaired) electrons. The van der Waals surface area contributed by atoms with Gasteiger partial charge < -0.3 is 10.6 Å². The Labute approximate surface area is 77.6 Å². The van der Waals surface area contributed by atoms with Crippen LogP contribution in [0.2, 0.25) is 0 Å². The predicted molar refractivity (Wildman–Crippen MR) is 52.3 cm³/mol. The van der Waals surface area contributed by atoms with Crippen LogP contribution in [0, 0.1) is 11.3 Å². The number of pyridine rings is 1. The van der Waals surface area contributed by atoms with Crippen molar-refractivity contribution in [1.29, 1.82) is 5.26 Å². The van der Waals surface area contributed by atoms with E-state index in [2.05, 4.69) is 4.98 Å². The fourth-order valence-electron chi connectivity index (χ4n) is 1.01. The van der Waals surface area contributed by atoms with Crippen LogP contribution in [0.25, 0.3) is 0 Å². The summed E-state index contributed by atoms with van der Waals surface area (Å²) in [4.78, 5) is 6.01. The number of aromatic nitrogens is 1. The highest BCUT2D eigenvalue weighted by molar-refractivity contribution is 5.69. The highest BCUT2D eigenvalue weighted by atomic mass is 15.2. The molecule has 0 spiro atoms. The molecule has 0 atom stereocenters. The molecule has 0 amide bonds. The maximum atomic E-state index is 8.72. The lowest BCUT2D eigenvalue weighted by molar-refractivity contribution is 0.940. The van der Waals surface area contributed by atoms with Crippen LogP contribution in [0.3, 0.4) is 0 Å². The number of nitriles is 1. The number of nitrogens with two attached hydrogens (primary N) is 1. The summed E-state index contributed by atoms with van der Waals surface area (Å²) in [5.74, 6) is 0.668. The maximum absolute atomic E-state index is 8.72. The smallest absolute Gasteiger partial charge is 0.152 e. The number of rotatable bonds is 2. The molecule has 2 N–H and O–H groups in total. The zero-order valence-electron chi connectivity index (χ0n) is 7.78. The van der Waals surface area contributed by atoms with Crippen molar-refractivity contribution < 1.29 is 0 Å². The predicted octanol–water partition coefficient (Wildman–Crippen LogP) is 0.992. The van der Waals surface area contributed by atoms with Crippen molar-refractivity contribution in [3.05, 3.63) is 17.8 Å². The van der Waals surface area contributed by atoms with Gasteiger partial charge in [0.05, 0.1) is 11.3 Å². The summed E-state index contributed by atoms with van der Waals surface area (Å²) in [5.41, 5.74) is 6.67. The standard InChI is InChI=1S/C9H12N4/c1-3-13(2)9-8(11)7(6-10)4-5-12-9/h4-5H,3,11H2,1-2H3. The first-order valence-corrected chi connectivity index (χ1v) is 4.06. The number of hydrogen-bond acceptors (Lipinski definition) is 4. The van der Waals surface area contributed by atoms with Crippen LogP contribution in [-0.4, -0.2) is 18.6 Å². The van der Waals surface area contributed by atoms with E-state index in [1.807, 2.05) is 24.9 Å². The summed E-state index contributed by atoms with van der Waals surface area (Å²) in [6, 6.07) is 3.64. The molecule has 1 aromatic heterocycles. The molecule has 0 saturated heterocycles. The van der Waals surface area contributed by atoms with E-state index in [4.69, 9.17) is 11.0 Å². The molecule has 13 heavy (non-hydrogen) atoms. The Hall–Kier alpha value is -1.76. The van der Waals surface area contributed by atoms with Crippen molar-refractivity contribution in [2.24, 2.45) is 0 Å². The highest BCUT2D eigenvalue weighted by Gasteiger charge is 2.08. The second kappa shape index (κ2) is 3.76. The second-order valence-electron chi connectivity index (χ2n) is 2.72. The lowest BCUT2D eigenvalue weighted by atomic mass is 10.2. The first-order valence-electron chi connectivity index (χ1n) is 4.06. The monoisotopic (exact) mass is 176 g/mol. The third-order valence-corrected chi connectivity index (χ3v) is 1.93. The fourth-order valence-corrected chi connectivity index (χ4v) is 1.01. The quantitative estimate of drug-likeness (QED) is 0.729. The summed E-state index contributed by atoms with van der Waals surface area (Å²) in [5, 5.41) is 8.72. The van der Waals surface area contributed by atoms with Gasteiger partial charge in [0.2, 0.25) is 0 Å². The van der Waals surface area contributed by atoms with E-state index >= 15 is 0 Å². The molecule has 4 nitrogen and oxygen atoms in total. The molecule has 1 heterocycles. The van der Waals surface area contributed by atoms with Gasteiger partial charge in [-0.2, -0.15) is 5.26 Å². The van der Waals surface area contributed by atoms with Gasteiger partial charge in [0.15, 0.2) is 5.82 Å². The van der Waals surface area contributed by atoms with Crippen molar-refractivity contribution in [1.82, 2.24) is 4.98 Å². The van der Waals surface area contributed by atoms with Crippen LogP contribution in [0.15, 0.2) is 12.3 Å². The Balaban J connectivity index is 3.17. The third kappa shape index (κ3) is 1.70. The van der Waals surface area contributed by atoms with Crippen molar-refractivity contribution in [2.75, 3.05) is 24.2 Å². The molecular formula is C9H12N4. The Morgan fingerprint density at radius 1 is 1.69 bits per heavy atom. The SMILES string of the molecule is CCN(C)c1nccc(C#N)c1N. The van der Waals surface area contributed by atoms with Gasteiger partial charge in [0.1, 0.15) is 6.07 Å². The molecule has 68 valence electrons. The van der Waals surface area contributed by atoms with Crippen molar-refractivity contribution in [2.45, 2.75) is 6.92 Å². The number of anilines is 2. The van der Waals surface area contributed by atoms with E-state index in [9.17, 15) is 0 Å². The van der Waals surface area contributed by atoms with E-state index in [1.54, 1.807) is 12.3 Å². The topological polar surface area (TPSA) is 65.9 Å². The molecule has 0 aliphatic heterocycles. The average molecular weight is 176 g/mol. The van der Waals surface area contributed by atoms with E-state index < -0.39 is 0 Å². The highest BCUT2D eigenvalue weighted by Crippen LogP contribution is 2.21. The summed E-state index contributed by atoms with van der Waals surface area (Å²) in [7, 11) is 1.89. The molecule has 0 aliphatic carbocycles. The van der Waals surface area contributed by atoms with Crippen LogP contribution in [0.1, 0.15) is 12.5 Å². The van der Waals surface area contributed by atoms with Crippen LogP contribution in [0.5, 0.6) is 0 Å². The van der Waals surface area contributed by atoms with Crippen molar-refractivity contribution in [3.8, 4) is 6.07 Å². The number of hydrogen-bond donors (Lipinski definition) is 1. The normalized spacial score (nSPS) is 9.31. The average Bonchev–Trinajstić information content (AvgIpc) is 2.17. The Morgan fingerprint density at radius 2 is 2.38 bits per heavy atom. The molecule has 1 aromatic rings. The van der Waals surface area contributed by atoms with Gasteiger partial charge in [-0.3, -0.25) is 0 Å². The zero-order valence-corrected chi connectivity index (χ0v) is 7.78. The summed E-state index contributed by atoms with van der Waals surface area (Å²) in [6.45, 7) is 2.81. The van der Waals surface area contributed by atoms with E-state index in [-0.39, 0.29) is 0 Å². The summed E-state index contributed by atoms with van der Waals surface area (Å²) in [6.07, 6.45) is 1.59. The lowest BCUT2D eigenvalue weighted by Gasteiger charge is -2.17. The second-order valence-corrected chi connectivity index (χ2v) is 2.72. The van der Waals surface area contributed by atoms with Crippen LogP contribution < -0.4 is 10.6 Å². The minimum absolute atomic E-state index is 0.453. The Bertz CT molecular complexity index is 340. The van der Waals surface area contributed by atoms with Crippen LogP contribution in [-0.2, 0) is 0 Å². The summed E-state index contributed by atoms with van der Waals surface area (Å²) >= 11 is 0. The third-order valence-electron chi connectivity index (χ3n) is 1.93. The van der Waals surface area contributed by atoms with Gasteiger partial charge in [-0.15, -0.1) is 0 Å². The molecule has 1 rings (SSSR count). The number of nitrogen functional groups attached to an aromatic ring is 1. The van der Waals surface area contributed by atoms with Crippen LogP contribution in [0.4, 0.5) is 11.5 Å². The Morgan fingerprint density at radius 3 is 2.92 bits per heavy atom. The van der Waals surface area contributed by atoms with Gasteiger partial charge in [-0.1, -0.05) is 0 Å². The summed E-state index contributed by atoms with van der Waals surface area (Å²) < 4.78 is 0. The van der Waals surface area contributed by atoms with Crippen molar-refractivity contribution >= 4 is 11.5 Å². The van der Waals surface area contributed by atoms with E-state index in [0.717, 1.165) is 6.54 Å². The fraction of sp³-hybridized carbons (Fsp3) is 0.333. The molecule has 0 fully saturated rings. The molecule has 4 heteroatoms. The van der Waals surface area contributed by atoms with Gasteiger partial charge in [-0.05, 0) is 13.0 Å². The van der Waals surface area contributed by atoms with Gasteiger partial charge >= 0.3 is 0 Å². The van der Waals surface area contributed by atoms with Crippen LogP contribution >= 0.6 is 0 Å². The van der Waals surface area contributed by atoms with E-state index in [0.29, 0.717) is 17.1 Å². The first kappa shape index (κ1) is 9.33.